The van der Waals surface area contributed by atoms with Crippen LogP contribution in [-0.2, 0) is 20.7 Å². The molecule has 3 N–H and O–H groups in total. The second-order valence-corrected chi connectivity index (χ2v) is 6.72. The van der Waals surface area contributed by atoms with Gasteiger partial charge < -0.3 is 20.3 Å². The van der Waals surface area contributed by atoms with E-state index in [4.69, 9.17) is 4.74 Å². The second kappa shape index (κ2) is 11.0. The fraction of sp³-hybridized carbons (Fsp3) is 0.318. The third-order valence-corrected chi connectivity index (χ3v) is 4.28. The second-order valence-electron chi connectivity index (χ2n) is 6.72. The highest BCUT2D eigenvalue weighted by molar-refractivity contribution is 5.94. The van der Waals surface area contributed by atoms with E-state index in [0.717, 1.165) is 22.6 Å². The Morgan fingerprint density at radius 2 is 1.52 bits per heavy atom. The zero-order chi connectivity index (χ0) is 21.2. The summed E-state index contributed by atoms with van der Waals surface area (Å²) in [6.45, 7) is 4.40. The molecule has 7 heteroatoms. The highest BCUT2D eigenvalue weighted by Gasteiger charge is 2.15. The lowest BCUT2D eigenvalue weighted by molar-refractivity contribution is -0.862. The summed E-state index contributed by atoms with van der Waals surface area (Å²) in [6, 6.07) is 14.2. The van der Waals surface area contributed by atoms with E-state index in [-0.39, 0.29) is 24.9 Å². The number of esters is 1. The number of likely N-dealkylation sites (N-methyl/N-ethyl adjacent to an activating group) is 1. The zero-order valence-corrected chi connectivity index (χ0v) is 17.1. The third-order valence-electron chi connectivity index (χ3n) is 4.28. The quantitative estimate of drug-likeness (QED) is 0.559. The maximum Gasteiger partial charge on any atom is 0.338 e. The molecule has 0 fully saturated rings. The van der Waals surface area contributed by atoms with Gasteiger partial charge in [0, 0.05) is 11.4 Å². The van der Waals surface area contributed by atoms with Gasteiger partial charge in [-0.15, -0.1) is 0 Å². The number of hydrogen-bond donors (Lipinski definition) is 3. The number of ether oxygens (including phenoxy) is 1. The van der Waals surface area contributed by atoms with E-state index in [9.17, 15) is 14.4 Å². The SMILES string of the molecule is CCOC(=O)c1ccc(NC(=O)C[NH+](C)CC(=O)Nc2ccccc2CC)cc1. The Balaban J connectivity index is 1.82. The fourth-order valence-electron chi connectivity index (χ4n) is 2.86. The van der Waals surface area contributed by atoms with Crippen LogP contribution >= 0.6 is 0 Å². The van der Waals surface area contributed by atoms with E-state index in [1.54, 1.807) is 38.2 Å². The van der Waals surface area contributed by atoms with E-state index in [1.807, 2.05) is 31.2 Å². The highest BCUT2D eigenvalue weighted by Crippen LogP contribution is 2.15. The Hall–Kier alpha value is -3.19. The van der Waals surface area contributed by atoms with Gasteiger partial charge in [-0.2, -0.15) is 0 Å². The molecule has 0 radical (unpaired) electrons. The summed E-state index contributed by atoms with van der Waals surface area (Å²) in [7, 11) is 1.79. The summed E-state index contributed by atoms with van der Waals surface area (Å²) in [5.74, 6) is -0.756. The Morgan fingerprint density at radius 3 is 2.14 bits per heavy atom. The van der Waals surface area contributed by atoms with Gasteiger partial charge >= 0.3 is 5.97 Å². The van der Waals surface area contributed by atoms with Crippen molar-refractivity contribution in [2.45, 2.75) is 20.3 Å². The maximum absolute atomic E-state index is 12.3. The Morgan fingerprint density at radius 1 is 0.897 bits per heavy atom. The number of carbonyl (C=O) groups excluding carboxylic acids is 3. The van der Waals surface area contributed by atoms with Crippen molar-refractivity contribution in [3.63, 3.8) is 0 Å². The van der Waals surface area contributed by atoms with Gasteiger partial charge in [-0.3, -0.25) is 9.59 Å². The van der Waals surface area contributed by atoms with Crippen LogP contribution in [-0.4, -0.2) is 44.5 Å². The predicted molar refractivity (Wildman–Crippen MR) is 112 cm³/mol. The lowest BCUT2D eigenvalue weighted by Crippen LogP contribution is -3.11. The average molecular weight is 398 g/mol. The van der Waals surface area contributed by atoms with Crippen LogP contribution in [0.2, 0.25) is 0 Å². The van der Waals surface area contributed by atoms with Crippen molar-refractivity contribution in [1.82, 2.24) is 0 Å². The largest absolute Gasteiger partial charge is 0.462 e. The smallest absolute Gasteiger partial charge is 0.338 e. The van der Waals surface area contributed by atoms with Gasteiger partial charge in [0.05, 0.1) is 19.2 Å². The van der Waals surface area contributed by atoms with Gasteiger partial charge in [-0.1, -0.05) is 25.1 Å². The molecule has 2 aromatic carbocycles. The van der Waals surface area contributed by atoms with Crippen molar-refractivity contribution in [3.8, 4) is 0 Å². The molecule has 1 atom stereocenters. The number of aryl methyl sites for hydroxylation is 1. The molecule has 2 rings (SSSR count). The van der Waals surface area contributed by atoms with E-state index in [1.165, 1.54) is 0 Å². The van der Waals surface area contributed by atoms with E-state index < -0.39 is 5.97 Å². The molecule has 0 aliphatic heterocycles. The molecule has 0 saturated carbocycles. The average Bonchev–Trinajstić information content (AvgIpc) is 2.68. The van der Waals surface area contributed by atoms with Crippen LogP contribution in [0, 0.1) is 0 Å². The number of quaternary nitrogens is 1. The first-order valence-corrected chi connectivity index (χ1v) is 9.69. The summed E-state index contributed by atoms with van der Waals surface area (Å²) >= 11 is 0. The van der Waals surface area contributed by atoms with Crippen molar-refractivity contribution in [3.05, 3.63) is 59.7 Å². The summed E-state index contributed by atoms with van der Waals surface area (Å²) in [4.78, 5) is 36.9. The predicted octanol–water partition coefficient (Wildman–Crippen LogP) is 1.52. The molecular formula is C22H28N3O4+. The Bertz CT molecular complexity index is 849. The molecule has 154 valence electrons. The van der Waals surface area contributed by atoms with Crippen molar-refractivity contribution in [2.75, 3.05) is 37.4 Å². The topological polar surface area (TPSA) is 88.9 Å². The standard InChI is InChI=1S/C22H27N3O4/c1-4-16-8-6-7-9-19(16)24-21(27)15-25(3)14-20(26)23-18-12-10-17(11-13-18)22(28)29-5-2/h6-13H,4-5,14-15H2,1-3H3,(H,23,26)(H,24,27)/p+1. The van der Waals surface area contributed by atoms with Gasteiger partial charge in [0.25, 0.3) is 11.8 Å². The molecule has 0 bridgehead atoms. The molecule has 29 heavy (non-hydrogen) atoms. The molecule has 0 heterocycles. The summed E-state index contributed by atoms with van der Waals surface area (Å²) in [6.07, 6.45) is 0.830. The number of hydrogen-bond acceptors (Lipinski definition) is 4. The maximum atomic E-state index is 12.3. The molecule has 0 spiro atoms. The van der Waals surface area contributed by atoms with E-state index in [0.29, 0.717) is 17.9 Å². The van der Waals surface area contributed by atoms with Crippen LogP contribution in [0.15, 0.2) is 48.5 Å². The normalized spacial score (nSPS) is 11.4. The monoisotopic (exact) mass is 398 g/mol. The zero-order valence-electron chi connectivity index (χ0n) is 17.1. The van der Waals surface area contributed by atoms with Crippen LogP contribution in [0.25, 0.3) is 0 Å². The molecular weight excluding hydrogens is 370 g/mol. The number of benzene rings is 2. The summed E-state index contributed by atoms with van der Waals surface area (Å²) in [5.41, 5.74) is 2.88. The van der Waals surface area contributed by atoms with Gasteiger partial charge in [0.1, 0.15) is 0 Å². The summed E-state index contributed by atoms with van der Waals surface area (Å²) < 4.78 is 4.93. The van der Waals surface area contributed by atoms with Gasteiger partial charge in [-0.05, 0) is 49.2 Å². The minimum absolute atomic E-state index is 0.141. The Kier molecular flexibility index (Phi) is 8.36. The first-order chi connectivity index (χ1) is 13.9. The molecule has 0 aliphatic rings. The van der Waals surface area contributed by atoms with E-state index >= 15 is 0 Å². The van der Waals surface area contributed by atoms with Crippen LogP contribution < -0.4 is 15.5 Å². The van der Waals surface area contributed by atoms with Crippen LogP contribution in [0.4, 0.5) is 11.4 Å². The molecule has 0 aliphatic carbocycles. The Labute approximate surface area is 171 Å². The van der Waals surface area contributed by atoms with Gasteiger partial charge in [0.15, 0.2) is 13.1 Å². The highest BCUT2D eigenvalue weighted by atomic mass is 16.5. The van der Waals surface area contributed by atoms with Crippen molar-refractivity contribution in [1.29, 1.82) is 0 Å². The minimum atomic E-state index is -0.398. The lowest BCUT2D eigenvalue weighted by atomic mass is 10.1. The molecule has 1 unspecified atom stereocenters. The van der Waals surface area contributed by atoms with Crippen LogP contribution in [0.5, 0.6) is 0 Å². The number of amides is 2. The fourth-order valence-corrected chi connectivity index (χ4v) is 2.86. The number of para-hydroxylation sites is 1. The minimum Gasteiger partial charge on any atom is -0.462 e. The first-order valence-electron chi connectivity index (χ1n) is 9.69. The lowest BCUT2D eigenvalue weighted by Gasteiger charge is -2.15. The van der Waals surface area contributed by atoms with Gasteiger partial charge in [0.2, 0.25) is 0 Å². The van der Waals surface area contributed by atoms with E-state index in [2.05, 4.69) is 10.6 Å². The molecule has 0 aromatic heterocycles. The molecule has 2 amide bonds. The van der Waals surface area contributed by atoms with Crippen LogP contribution in [0.3, 0.4) is 0 Å². The third kappa shape index (κ3) is 7.04. The number of carbonyl (C=O) groups is 3. The molecule has 7 nitrogen and oxygen atoms in total. The molecule has 0 saturated heterocycles. The molecule has 2 aromatic rings. The van der Waals surface area contributed by atoms with Crippen LogP contribution in [0.1, 0.15) is 29.8 Å². The number of anilines is 2. The first kappa shape index (κ1) is 22.1. The number of nitrogens with one attached hydrogen (secondary N) is 3. The van der Waals surface area contributed by atoms with Gasteiger partial charge in [-0.25, -0.2) is 4.79 Å². The van der Waals surface area contributed by atoms with Crippen molar-refractivity contribution in [2.24, 2.45) is 0 Å². The van der Waals surface area contributed by atoms with Crippen molar-refractivity contribution < 1.29 is 24.0 Å². The number of rotatable bonds is 9. The summed E-state index contributed by atoms with van der Waals surface area (Å²) in [5, 5.41) is 5.68. The van der Waals surface area contributed by atoms with Crippen molar-refractivity contribution >= 4 is 29.2 Å².